The van der Waals surface area contributed by atoms with Crippen molar-refractivity contribution in [3.63, 3.8) is 0 Å². The number of hydrogen-bond donors (Lipinski definition) is 1. The van der Waals surface area contributed by atoms with Gasteiger partial charge in [0.15, 0.2) is 0 Å². The van der Waals surface area contributed by atoms with Gasteiger partial charge in [-0.1, -0.05) is 6.07 Å². The second-order valence-electron chi connectivity index (χ2n) is 6.13. The number of methoxy groups -OCH3 is 1. The van der Waals surface area contributed by atoms with E-state index in [9.17, 15) is 13.2 Å². The van der Waals surface area contributed by atoms with E-state index >= 15 is 0 Å². The molecule has 0 bridgehead atoms. The molecule has 22 heavy (non-hydrogen) atoms. The fourth-order valence-corrected chi connectivity index (χ4v) is 3.65. The summed E-state index contributed by atoms with van der Waals surface area (Å²) in [6.45, 7) is 4.81. The Kier molecular flexibility index (Phi) is 4.18. The Morgan fingerprint density at radius 2 is 2.09 bits per heavy atom. The third-order valence-electron chi connectivity index (χ3n) is 4.77. The van der Waals surface area contributed by atoms with E-state index in [0.717, 1.165) is 30.8 Å². The largest absolute Gasteiger partial charge is 0.416 e. The zero-order valence-electron chi connectivity index (χ0n) is 12.8. The minimum Gasteiger partial charge on any atom is -0.379 e. The summed E-state index contributed by atoms with van der Waals surface area (Å²) >= 11 is 0. The number of ether oxygens (including phenoxy) is 1. The first-order valence-electron chi connectivity index (χ1n) is 7.61. The van der Waals surface area contributed by atoms with Gasteiger partial charge in [0.25, 0.3) is 0 Å². The van der Waals surface area contributed by atoms with E-state index in [2.05, 4.69) is 17.1 Å². The molecule has 1 aliphatic heterocycles. The molecule has 0 aromatic heterocycles. The number of fused-ring (bicyclic) bond motifs is 1. The molecular formula is C16H21F3N2O. The van der Waals surface area contributed by atoms with Crippen molar-refractivity contribution in [2.75, 3.05) is 26.7 Å². The van der Waals surface area contributed by atoms with Crippen molar-refractivity contribution in [3.05, 3.63) is 34.9 Å². The van der Waals surface area contributed by atoms with Crippen molar-refractivity contribution < 1.29 is 17.9 Å². The van der Waals surface area contributed by atoms with Gasteiger partial charge in [-0.25, -0.2) is 0 Å². The van der Waals surface area contributed by atoms with Gasteiger partial charge in [0.05, 0.1) is 17.7 Å². The molecule has 3 atom stereocenters. The SMILES string of the molecule is COC1Cc2cc(C(F)(F)F)ccc2C1N1CCNC[C@@H]1C. The van der Waals surface area contributed by atoms with Crippen LogP contribution in [0, 0.1) is 0 Å². The van der Waals surface area contributed by atoms with Gasteiger partial charge in [0.2, 0.25) is 0 Å². The van der Waals surface area contributed by atoms with Crippen LogP contribution in [0.5, 0.6) is 0 Å². The number of rotatable bonds is 2. The number of nitrogens with zero attached hydrogens (tertiary/aromatic N) is 1. The lowest BCUT2D eigenvalue weighted by atomic mass is 10.0. The summed E-state index contributed by atoms with van der Waals surface area (Å²) in [6, 6.07) is 4.49. The Labute approximate surface area is 128 Å². The van der Waals surface area contributed by atoms with Crippen LogP contribution >= 0.6 is 0 Å². The van der Waals surface area contributed by atoms with Crippen molar-refractivity contribution >= 4 is 0 Å². The van der Waals surface area contributed by atoms with Crippen molar-refractivity contribution in [2.45, 2.75) is 37.7 Å². The van der Waals surface area contributed by atoms with Gasteiger partial charge in [-0.3, -0.25) is 4.90 Å². The van der Waals surface area contributed by atoms with Crippen LogP contribution in [-0.2, 0) is 17.3 Å². The minimum atomic E-state index is -4.29. The molecule has 6 heteroatoms. The Balaban J connectivity index is 1.95. The van der Waals surface area contributed by atoms with Crippen LogP contribution in [-0.4, -0.2) is 43.8 Å². The van der Waals surface area contributed by atoms with Crippen LogP contribution in [0.4, 0.5) is 13.2 Å². The van der Waals surface area contributed by atoms with E-state index < -0.39 is 11.7 Å². The van der Waals surface area contributed by atoms with Crippen LogP contribution in [0.15, 0.2) is 18.2 Å². The zero-order valence-corrected chi connectivity index (χ0v) is 12.8. The Hall–Kier alpha value is -1.11. The van der Waals surface area contributed by atoms with Gasteiger partial charge in [0.1, 0.15) is 0 Å². The number of hydrogen-bond acceptors (Lipinski definition) is 3. The summed E-state index contributed by atoms with van der Waals surface area (Å²) in [6.07, 6.45) is -3.84. The first kappa shape index (κ1) is 15.8. The molecule has 1 fully saturated rings. The molecule has 3 nitrogen and oxygen atoms in total. The number of alkyl halides is 3. The number of nitrogens with one attached hydrogen (secondary N) is 1. The monoisotopic (exact) mass is 314 g/mol. The summed E-state index contributed by atoms with van der Waals surface area (Å²) in [7, 11) is 1.64. The number of halogens is 3. The Morgan fingerprint density at radius 3 is 2.73 bits per heavy atom. The van der Waals surface area contributed by atoms with E-state index in [-0.39, 0.29) is 12.1 Å². The summed E-state index contributed by atoms with van der Waals surface area (Å²) in [5, 5.41) is 3.34. The van der Waals surface area contributed by atoms with Crippen molar-refractivity contribution in [1.29, 1.82) is 0 Å². The van der Waals surface area contributed by atoms with Crippen molar-refractivity contribution in [1.82, 2.24) is 10.2 Å². The fourth-order valence-electron chi connectivity index (χ4n) is 3.65. The quantitative estimate of drug-likeness (QED) is 0.908. The molecule has 1 aliphatic carbocycles. The molecule has 1 saturated heterocycles. The molecule has 1 N–H and O–H groups in total. The lowest BCUT2D eigenvalue weighted by Gasteiger charge is -2.40. The average Bonchev–Trinajstić information content (AvgIpc) is 2.84. The highest BCUT2D eigenvalue weighted by Crippen LogP contribution is 2.41. The summed E-state index contributed by atoms with van der Waals surface area (Å²) in [5.41, 5.74) is 1.17. The lowest BCUT2D eigenvalue weighted by Crippen LogP contribution is -2.52. The first-order valence-corrected chi connectivity index (χ1v) is 7.61. The van der Waals surface area contributed by atoms with Crippen LogP contribution in [0.3, 0.4) is 0 Å². The topological polar surface area (TPSA) is 24.5 Å². The summed E-state index contributed by atoms with van der Waals surface area (Å²) < 4.78 is 44.3. The smallest absolute Gasteiger partial charge is 0.379 e. The van der Waals surface area contributed by atoms with Crippen LogP contribution < -0.4 is 5.32 Å². The third kappa shape index (κ3) is 2.75. The molecule has 1 heterocycles. The average molecular weight is 314 g/mol. The maximum atomic E-state index is 12.9. The third-order valence-corrected chi connectivity index (χ3v) is 4.77. The Morgan fingerprint density at radius 1 is 1.32 bits per heavy atom. The molecule has 2 aliphatic rings. The lowest BCUT2D eigenvalue weighted by molar-refractivity contribution is -0.137. The fraction of sp³-hybridized carbons (Fsp3) is 0.625. The molecular weight excluding hydrogens is 293 g/mol. The molecule has 3 rings (SSSR count). The van der Waals surface area contributed by atoms with Gasteiger partial charge in [-0.2, -0.15) is 13.2 Å². The van der Waals surface area contributed by atoms with E-state index in [0.29, 0.717) is 12.5 Å². The van der Waals surface area contributed by atoms with E-state index in [1.165, 1.54) is 12.1 Å². The normalized spacial score (nSPS) is 29.6. The maximum absolute atomic E-state index is 12.9. The second-order valence-corrected chi connectivity index (χ2v) is 6.13. The van der Waals surface area contributed by atoms with Gasteiger partial charge in [-0.05, 0) is 30.2 Å². The van der Waals surface area contributed by atoms with Crippen molar-refractivity contribution in [2.24, 2.45) is 0 Å². The predicted octanol–water partition coefficient (Wildman–Crippen LogP) is 2.61. The van der Waals surface area contributed by atoms with E-state index in [4.69, 9.17) is 4.74 Å². The molecule has 0 saturated carbocycles. The standard InChI is InChI=1S/C16H21F3N2O/c1-10-9-20-5-6-21(10)15-13-4-3-12(16(17,18)19)7-11(13)8-14(15)22-2/h3-4,7,10,14-15,20H,5-6,8-9H2,1-2H3/t10-,14?,15?/m0/s1. The Bertz CT molecular complexity index is 547. The molecule has 1 aromatic carbocycles. The van der Waals surface area contributed by atoms with Gasteiger partial charge < -0.3 is 10.1 Å². The van der Waals surface area contributed by atoms with Crippen LogP contribution in [0.2, 0.25) is 0 Å². The molecule has 0 amide bonds. The number of piperazine rings is 1. The highest BCUT2D eigenvalue weighted by atomic mass is 19.4. The number of benzene rings is 1. The summed E-state index contributed by atoms with van der Waals surface area (Å²) in [4.78, 5) is 2.35. The molecule has 0 spiro atoms. The van der Waals surface area contributed by atoms with Crippen LogP contribution in [0.25, 0.3) is 0 Å². The van der Waals surface area contributed by atoms with Gasteiger partial charge in [0, 0.05) is 39.2 Å². The van der Waals surface area contributed by atoms with Gasteiger partial charge in [-0.15, -0.1) is 0 Å². The van der Waals surface area contributed by atoms with Crippen LogP contribution in [0.1, 0.15) is 29.7 Å². The molecule has 1 aromatic rings. The predicted molar refractivity (Wildman–Crippen MR) is 77.7 cm³/mol. The minimum absolute atomic E-state index is 0.0411. The zero-order chi connectivity index (χ0) is 15.9. The summed E-state index contributed by atoms with van der Waals surface area (Å²) in [5.74, 6) is 0. The van der Waals surface area contributed by atoms with E-state index in [1.807, 2.05) is 0 Å². The van der Waals surface area contributed by atoms with Gasteiger partial charge >= 0.3 is 6.18 Å². The molecule has 0 radical (unpaired) electrons. The maximum Gasteiger partial charge on any atom is 0.416 e. The van der Waals surface area contributed by atoms with Crippen molar-refractivity contribution in [3.8, 4) is 0 Å². The molecule has 2 unspecified atom stereocenters. The molecule has 122 valence electrons. The first-order chi connectivity index (χ1) is 10.4. The second kappa shape index (κ2) is 5.83. The van der Waals surface area contributed by atoms with E-state index in [1.54, 1.807) is 13.2 Å². The highest BCUT2D eigenvalue weighted by molar-refractivity contribution is 5.41. The highest BCUT2D eigenvalue weighted by Gasteiger charge is 2.41.